The second-order valence-electron chi connectivity index (χ2n) is 5.16. The lowest BCUT2D eigenvalue weighted by atomic mass is 9.93. The fraction of sp³-hybridized carbons (Fsp3) is 0.111. The summed E-state index contributed by atoms with van der Waals surface area (Å²) in [5.41, 5.74) is 0.921. The molecule has 3 aromatic rings. The van der Waals surface area contributed by atoms with E-state index in [2.05, 4.69) is 9.97 Å². The first-order valence-corrected chi connectivity index (χ1v) is 8.06. The normalized spacial score (nSPS) is 13.2. The Morgan fingerprint density at radius 2 is 1.88 bits per heavy atom. The summed E-state index contributed by atoms with van der Waals surface area (Å²) in [6, 6.07) is 14.5. The van der Waals surface area contributed by atoms with Crippen molar-refractivity contribution in [1.82, 2.24) is 9.97 Å². The molecule has 4 nitrogen and oxygen atoms in total. The average molecular weight is 361 g/mol. The summed E-state index contributed by atoms with van der Waals surface area (Å²) in [6.45, 7) is 0. The maximum absolute atomic E-state index is 11.7. The van der Waals surface area contributed by atoms with Gasteiger partial charge in [0.05, 0.1) is 16.0 Å². The zero-order valence-electron chi connectivity index (χ0n) is 12.5. The van der Waals surface area contributed by atoms with Crippen molar-refractivity contribution < 1.29 is 9.53 Å². The van der Waals surface area contributed by atoms with Gasteiger partial charge in [0, 0.05) is 18.5 Å². The number of hydrogen-bond acceptors (Lipinski definition) is 3. The molecule has 2 aromatic carbocycles. The van der Waals surface area contributed by atoms with E-state index in [-0.39, 0.29) is 5.92 Å². The lowest BCUT2D eigenvalue weighted by Gasteiger charge is -2.23. The summed E-state index contributed by atoms with van der Waals surface area (Å²) >= 11 is 11.9. The largest absolute Gasteiger partial charge is 0.482 e. The molecule has 1 heterocycles. The number of nitrogens with one attached hydrogen (secondary N) is 1. The van der Waals surface area contributed by atoms with Crippen LogP contribution < -0.4 is 4.74 Å². The number of carbonyl (C=O) groups is 1. The van der Waals surface area contributed by atoms with Crippen LogP contribution in [-0.2, 0) is 4.79 Å². The maximum atomic E-state index is 11.7. The van der Waals surface area contributed by atoms with Crippen molar-refractivity contribution in [3.63, 3.8) is 0 Å². The molecule has 1 N–H and O–H groups in total. The van der Waals surface area contributed by atoms with Crippen molar-refractivity contribution in [3.8, 4) is 5.75 Å². The van der Waals surface area contributed by atoms with Gasteiger partial charge in [-0.15, -0.1) is 0 Å². The van der Waals surface area contributed by atoms with Gasteiger partial charge in [0.15, 0.2) is 12.4 Å². The van der Waals surface area contributed by atoms with Crippen molar-refractivity contribution in [1.29, 1.82) is 0 Å². The number of ether oxygens (including phenoxy) is 1. The number of aromatic nitrogens is 2. The molecule has 0 fully saturated rings. The van der Waals surface area contributed by atoms with Crippen LogP contribution in [0, 0.1) is 0 Å². The van der Waals surface area contributed by atoms with Crippen molar-refractivity contribution in [2.75, 3.05) is 0 Å². The molecule has 0 aliphatic rings. The Morgan fingerprint density at radius 1 is 1.08 bits per heavy atom. The molecule has 3 rings (SSSR count). The van der Waals surface area contributed by atoms with Gasteiger partial charge in [0.2, 0.25) is 0 Å². The SMILES string of the molecule is O=CC(Oc1ccc(Cl)c(Cl)c1)C(c1ccccc1)c1ncc[nH]1. The van der Waals surface area contributed by atoms with Gasteiger partial charge in [-0.25, -0.2) is 4.98 Å². The van der Waals surface area contributed by atoms with Crippen molar-refractivity contribution >= 4 is 29.5 Å². The summed E-state index contributed by atoms with van der Waals surface area (Å²) in [6.07, 6.45) is 3.36. The molecule has 24 heavy (non-hydrogen) atoms. The zero-order valence-corrected chi connectivity index (χ0v) is 14.0. The molecule has 0 aliphatic heterocycles. The van der Waals surface area contributed by atoms with Crippen molar-refractivity contribution in [3.05, 3.63) is 82.4 Å². The van der Waals surface area contributed by atoms with Crippen LogP contribution in [0.1, 0.15) is 17.3 Å². The highest BCUT2D eigenvalue weighted by Gasteiger charge is 2.28. The number of hydrogen-bond donors (Lipinski definition) is 1. The zero-order chi connectivity index (χ0) is 16.9. The molecule has 6 heteroatoms. The molecule has 0 amide bonds. The predicted octanol–water partition coefficient (Wildman–Crippen LogP) is 4.49. The van der Waals surface area contributed by atoms with E-state index in [1.54, 1.807) is 30.6 Å². The topological polar surface area (TPSA) is 55.0 Å². The molecular weight excluding hydrogens is 347 g/mol. The molecule has 0 saturated carbocycles. The highest BCUT2D eigenvalue weighted by atomic mass is 35.5. The van der Waals surface area contributed by atoms with Gasteiger partial charge < -0.3 is 9.72 Å². The van der Waals surface area contributed by atoms with Crippen LogP contribution in [0.25, 0.3) is 0 Å². The van der Waals surface area contributed by atoms with E-state index in [4.69, 9.17) is 27.9 Å². The number of nitrogens with zero attached hydrogens (tertiary/aromatic N) is 1. The number of H-pyrrole nitrogens is 1. The van der Waals surface area contributed by atoms with Crippen LogP contribution in [0.4, 0.5) is 0 Å². The number of carbonyl (C=O) groups excluding carboxylic acids is 1. The van der Waals surface area contributed by atoms with Gasteiger partial charge in [0.1, 0.15) is 11.6 Å². The average Bonchev–Trinajstić information content (AvgIpc) is 3.12. The lowest BCUT2D eigenvalue weighted by molar-refractivity contribution is -0.114. The third kappa shape index (κ3) is 3.61. The lowest BCUT2D eigenvalue weighted by Crippen LogP contribution is -2.28. The van der Waals surface area contributed by atoms with E-state index >= 15 is 0 Å². The van der Waals surface area contributed by atoms with Crippen molar-refractivity contribution in [2.24, 2.45) is 0 Å². The van der Waals surface area contributed by atoms with E-state index in [1.165, 1.54) is 0 Å². The van der Waals surface area contributed by atoms with E-state index in [0.29, 0.717) is 21.6 Å². The van der Waals surface area contributed by atoms with Gasteiger partial charge in [-0.2, -0.15) is 0 Å². The molecule has 0 saturated heterocycles. The van der Waals surface area contributed by atoms with Gasteiger partial charge >= 0.3 is 0 Å². The molecule has 0 radical (unpaired) electrons. The highest BCUT2D eigenvalue weighted by Crippen LogP contribution is 2.31. The summed E-state index contributed by atoms with van der Waals surface area (Å²) < 4.78 is 5.87. The molecular formula is C18H14Cl2N2O2. The summed E-state index contributed by atoms with van der Waals surface area (Å²) in [5, 5.41) is 0.797. The number of imidazole rings is 1. The number of benzene rings is 2. The highest BCUT2D eigenvalue weighted by molar-refractivity contribution is 6.42. The summed E-state index contributed by atoms with van der Waals surface area (Å²) in [4.78, 5) is 19.1. The van der Waals surface area contributed by atoms with Crippen molar-refractivity contribution in [2.45, 2.75) is 12.0 Å². The van der Waals surface area contributed by atoms with E-state index in [9.17, 15) is 4.79 Å². The molecule has 1 aromatic heterocycles. The molecule has 0 bridgehead atoms. The maximum Gasteiger partial charge on any atom is 0.167 e. The Hall–Kier alpha value is -2.30. The number of halogens is 2. The van der Waals surface area contributed by atoms with Crippen LogP contribution in [0.15, 0.2) is 60.9 Å². The van der Waals surface area contributed by atoms with Crippen LogP contribution >= 0.6 is 23.2 Å². The van der Waals surface area contributed by atoms with Gasteiger partial charge in [-0.05, 0) is 17.7 Å². The van der Waals surface area contributed by atoms with E-state index in [1.807, 2.05) is 30.3 Å². The third-order valence-corrected chi connectivity index (χ3v) is 4.34. The first-order valence-electron chi connectivity index (χ1n) is 7.30. The number of aldehydes is 1. The summed E-state index contributed by atoms with van der Waals surface area (Å²) in [7, 11) is 0. The number of rotatable bonds is 6. The Kier molecular flexibility index (Phi) is 5.18. The second kappa shape index (κ2) is 7.51. The predicted molar refractivity (Wildman–Crippen MR) is 93.8 cm³/mol. The molecule has 2 atom stereocenters. The third-order valence-electron chi connectivity index (χ3n) is 3.60. The van der Waals surface area contributed by atoms with Gasteiger partial charge in [-0.1, -0.05) is 53.5 Å². The minimum absolute atomic E-state index is 0.367. The van der Waals surface area contributed by atoms with Gasteiger partial charge in [-0.3, -0.25) is 4.79 Å². The Bertz CT molecular complexity index is 807. The quantitative estimate of drug-likeness (QED) is 0.658. The van der Waals surface area contributed by atoms with E-state index in [0.717, 1.165) is 11.8 Å². The molecule has 2 unspecified atom stereocenters. The van der Waals surface area contributed by atoms with Crippen LogP contribution in [0.2, 0.25) is 10.0 Å². The smallest absolute Gasteiger partial charge is 0.167 e. The Labute approximate surface area is 149 Å². The minimum atomic E-state index is -0.768. The molecule has 0 spiro atoms. The van der Waals surface area contributed by atoms with Gasteiger partial charge in [0.25, 0.3) is 0 Å². The van der Waals surface area contributed by atoms with Crippen LogP contribution in [-0.4, -0.2) is 22.4 Å². The molecule has 0 aliphatic carbocycles. The monoisotopic (exact) mass is 360 g/mol. The standard InChI is InChI=1S/C18H14Cl2N2O2/c19-14-7-6-13(10-15(14)20)24-16(11-23)17(18-21-8-9-22-18)12-4-2-1-3-5-12/h1-11,16-17H,(H,21,22). The number of aromatic amines is 1. The fourth-order valence-electron chi connectivity index (χ4n) is 2.49. The summed E-state index contributed by atoms with van der Waals surface area (Å²) in [5.74, 6) is 0.750. The van der Waals surface area contributed by atoms with Crippen LogP contribution in [0.5, 0.6) is 5.75 Å². The molecule has 122 valence electrons. The minimum Gasteiger partial charge on any atom is -0.482 e. The first kappa shape index (κ1) is 16.6. The van der Waals surface area contributed by atoms with E-state index < -0.39 is 6.10 Å². The first-order chi connectivity index (χ1) is 11.7. The fourth-order valence-corrected chi connectivity index (χ4v) is 2.78. The Morgan fingerprint density at radius 3 is 2.50 bits per heavy atom. The second-order valence-corrected chi connectivity index (χ2v) is 5.97. The Balaban J connectivity index is 1.95. The van der Waals surface area contributed by atoms with Crippen LogP contribution in [0.3, 0.4) is 0 Å².